The van der Waals surface area contributed by atoms with Gasteiger partial charge in [0.25, 0.3) is 0 Å². The highest BCUT2D eigenvalue weighted by Gasteiger charge is 2.35. The predicted octanol–water partition coefficient (Wildman–Crippen LogP) is 0.105. The van der Waals surface area contributed by atoms with Gasteiger partial charge in [0.2, 0.25) is 15.9 Å². The van der Waals surface area contributed by atoms with Crippen LogP contribution in [0.15, 0.2) is 4.90 Å². The van der Waals surface area contributed by atoms with Gasteiger partial charge >= 0.3 is 0 Å². The molecule has 1 amide bonds. The van der Waals surface area contributed by atoms with Crippen LogP contribution in [-0.2, 0) is 14.8 Å². The van der Waals surface area contributed by atoms with Crippen LogP contribution < -0.4 is 5.32 Å². The Morgan fingerprint density at radius 2 is 2.12 bits per heavy atom. The average molecular weight is 357 g/mol. The molecule has 1 aliphatic heterocycles. The lowest BCUT2D eigenvalue weighted by Crippen LogP contribution is -2.46. The summed E-state index contributed by atoms with van der Waals surface area (Å²) < 4.78 is 27.2. The third-order valence-corrected chi connectivity index (χ3v) is 6.40. The second-order valence-electron chi connectivity index (χ2n) is 6.56. The van der Waals surface area contributed by atoms with Crippen LogP contribution in [0.5, 0.6) is 0 Å². The van der Waals surface area contributed by atoms with E-state index in [4.69, 9.17) is 0 Å². The fraction of sp³-hybridized carbons (Fsp3) is 0.733. The number of carbonyl (C=O) groups excluding carboxylic acids is 1. The van der Waals surface area contributed by atoms with Crippen LogP contribution >= 0.6 is 0 Å². The van der Waals surface area contributed by atoms with Crippen molar-refractivity contribution >= 4 is 15.9 Å². The molecule has 8 nitrogen and oxygen atoms in total. The number of carbonyl (C=O) groups is 1. The molecule has 136 valence electrons. The highest BCUT2D eigenvalue weighted by atomic mass is 32.2. The standard InChI is InChI=1S/C15H27N5O3S/c1-11-14(12(2)18-17-11)24(22,23)20-8-5-6-13(10-20)15(21)16-7-9-19(3)4/h13H,5-10H2,1-4H3,(H,16,21)(H,17,18). The zero-order valence-electron chi connectivity index (χ0n) is 14.8. The molecule has 0 spiro atoms. The van der Waals surface area contributed by atoms with E-state index in [1.54, 1.807) is 13.8 Å². The molecule has 0 radical (unpaired) electrons. The van der Waals surface area contributed by atoms with Gasteiger partial charge < -0.3 is 10.2 Å². The maximum absolute atomic E-state index is 12.9. The van der Waals surface area contributed by atoms with Crippen LogP contribution in [-0.4, -0.2) is 74.0 Å². The summed E-state index contributed by atoms with van der Waals surface area (Å²) in [6.07, 6.45) is 1.39. The molecular weight excluding hydrogens is 330 g/mol. The Kier molecular flexibility index (Phi) is 6.00. The number of nitrogens with zero attached hydrogens (tertiary/aromatic N) is 3. The molecule has 1 aromatic rings. The Morgan fingerprint density at radius 1 is 1.42 bits per heavy atom. The van der Waals surface area contributed by atoms with Crippen molar-refractivity contribution < 1.29 is 13.2 Å². The fourth-order valence-electron chi connectivity index (χ4n) is 2.97. The summed E-state index contributed by atoms with van der Waals surface area (Å²) in [6, 6.07) is 0. The summed E-state index contributed by atoms with van der Waals surface area (Å²) >= 11 is 0. The van der Waals surface area contributed by atoms with Gasteiger partial charge in [-0.15, -0.1) is 0 Å². The number of amides is 1. The van der Waals surface area contributed by atoms with E-state index in [1.165, 1.54) is 4.31 Å². The predicted molar refractivity (Wildman–Crippen MR) is 91.1 cm³/mol. The second kappa shape index (κ2) is 7.62. The van der Waals surface area contributed by atoms with Crippen molar-refractivity contribution in [2.24, 2.45) is 5.92 Å². The van der Waals surface area contributed by atoms with Crippen molar-refractivity contribution in [1.29, 1.82) is 0 Å². The minimum absolute atomic E-state index is 0.0719. The van der Waals surface area contributed by atoms with E-state index in [1.807, 2.05) is 19.0 Å². The van der Waals surface area contributed by atoms with E-state index in [0.717, 1.165) is 6.54 Å². The summed E-state index contributed by atoms with van der Waals surface area (Å²) in [5.74, 6) is -0.374. The molecule has 1 aromatic heterocycles. The summed E-state index contributed by atoms with van der Waals surface area (Å²) in [5.41, 5.74) is 0.995. The Bertz CT molecular complexity index is 664. The van der Waals surface area contributed by atoms with Gasteiger partial charge in [-0.05, 0) is 40.8 Å². The molecule has 2 heterocycles. The molecule has 1 atom stereocenters. The van der Waals surface area contributed by atoms with Crippen molar-refractivity contribution in [2.45, 2.75) is 31.6 Å². The molecule has 9 heteroatoms. The van der Waals surface area contributed by atoms with Crippen molar-refractivity contribution in [2.75, 3.05) is 40.3 Å². The van der Waals surface area contributed by atoms with Crippen molar-refractivity contribution in [1.82, 2.24) is 24.7 Å². The number of piperidine rings is 1. The van der Waals surface area contributed by atoms with Gasteiger partial charge in [0.15, 0.2) is 0 Å². The minimum Gasteiger partial charge on any atom is -0.355 e. The number of H-pyrrole nitrogens is 1. The van der Waals surface area contributed by atoms with E-state index >= 15 is 0 Å². The first-order valence-corrected chi connectivity index (χ1v) is 9.61. The van der Waals surface area contributed by atoms with Crippen LogP contribution in [0.1, 0.15) is 24.2 Å². The van der Waals surface area contributed by atoms with Crippen LogP contribution in [0.3, 0.4) is 0 Å². The highest BCUT2D eigenvalue weighted by Crippen LogP contribution is 2.26. The van der Waals surface area contributed by atoms with Crippen LogP contribution in [0.25, 0.3) is 0 Å². The SMILES string of the molecule is Cc1n[nH]c(C)c1S(=O)(=O)N1CCCC(C(=O)NCCN(C)C)C1. The topological polar surface area (TPSA) is 98.4 Å². The lowest BCUT2D eigenvalue weighted by molar-refractivity contribution is -0.126. The molecule has 2 N–H and O–H groups in total. The first-order chi connectivity index (χ1) is 11.2. The van der Waals surface area contributed by atoms with E-state index in [-0.39, 0.29) is 23.3 Å². The van der Waals surface area contributed by atoms with Crippen molar-refractivity contribution in [3.8, 4) is 0 Å². The Morgan fingerprint density at radius 3 is 2.71 bits per heavy atom. The third-order valence-electron chi connectivity index (χ3n) is 4.27. The fourth-order valence-corrected chi connectivity index (χ4v) is 4.83. The molecule has 0 bridgehead atoms. The summed E-state index contributed by atoms with van der Waals surface area (Å²) in [6.45, 7) is 5.35. The summed E-state index contributed by atoms with van der Waals surface area (Å²) in [5, 5.41) is 9.58. The average Bonchev–Trinajstić information content (AvgIpc) is 2.86. The lowest BCUT2D eigenvalue weighted by Gasteiger charge is -2.31. The third kappa shape index (κ3) is 4.14. The van der Waals surface area contributed by atoms with E-state index in [2.05, 4.69) is 15.5 Å². The van der Waals surface area contributed by atoms with Crippen LogP contribution in [0, 0.1) is 19.8 Å². The van der Waals surface area contributed by atoms with Gasteiger partial charge in [-0.2, -0.15) is 9.40 Å². The molecule has 24 heavy (non-hydrogen) atoms. The van der Waals surface area contributed by atoms with E-state index in [9.17, 15) is 13.2 Å². The number of hydrogen-bond donors (Lipinski definition) is 2. The molecule has 0 aliphatic carbocycles. The number of aryl methyl sites for hydroxylation is 2. The smallest absolute Gasteiger partial charge is 0.246 e. The molecule has 0 saturated carbocycles. The van der Waals surface area contributed by atoms with E-state index < -0.39 is 10.0 Å². The first kappa shape index (κ1) is 18.9. The Balaban J connectivity index is 2.06. The zero-order chi connectivity index (χ0) is 17.9. The van der Waals surface area contributed by atoms with Gasteiger partial charge in [-0.3, -0.25) is 9.89 Å². The number of nitrogens with one attached hydrogen (secondary N) is 2. The van der Waals surface area contributed by atoms with Gasteiger partial charge in [0, 0.05) is 26.2 Å². The monoisotopic (exact) mass is 357 g/mol. The maximum Gasteiger partial charge on any atom is 0.246 e. The Hall–Kier alpha value is -1.45. The van der Waals surface area contributed by atoms with E-state index in [0.29, 0.717) is 37.3 Å². The number of sulfonamides is 1. The second-order valence-corrected chi connectivity index (χ2v) is 8.43. The van der Waals surface area contributed by atoms with Gasteiger partial charge in [-0.25, -0.2) is 8.42 Å². The number of rotatable bonds is 6. The summed E-state index contributed by atoms with van der Waals surface area (Å²) in [7, 11) is 0.253. The molecular formula is C15H27N5O3S. The number of aromatic nitrogens is 2. The molecule has 1 aliphatic rings. The minimum atomic E-state index is -3.63. The number of hydrogen-bond acceptors (Lipinski definition) is 5. The van der Waals surface area contributed by atoms with Gasteiger partial charge in [0.1, 0.15) is 4.90 Å². The first-order valence-electron chi connectivity index (χ1n) is 8.17. The quantitative estimate of drug-likeness (QED) is 0.753. The number of aromatic amines is 1. The van der Waals surface area contributed by atoms with Crippen LogP contribution in [0.2, 0.25) is 0 Å². The molecule has 1 unspecified atom stereocenters. The van der Waals surface area contributed by atoms with Crippen LogP contribution in [0.4, 0.5) is 0 Å². The molecule has 2 rings (SSSR count). The normalized spacial score (nSPS) is 19.6. The molecule has 1 saturated heterocycles. The largest absolute Gasteiger partial charge is 0.355 e. The summed E-state index contributed by atoms with van der Waals surface area (Å²) in [4.78, 5) is 14.5. The van der Waals surface area contributed by atoms with Crippen molar-refractivity contribution in [3.05, 3.63) is 11.4 Å². The Labute approximate surface area is 143 Å². The number of likely N-dealkylation sites (N-methyl/N-ethyl adjacent to an activating group) is 1. The molecule has 1 fully saturated rings. The highest BCUT2D eigenvalue weighted by molar-refractivity contribution is 7.89. The zero-order valence-corrected chi connectivity index (χ0v) is 15.6. The maximum atomic E-state index is 12.9. The van der Waals surface area contributed by atoms with Gasteiger partial charge in [0.05, 0.1) is 17.3 Å². The van der Waals surface area contributed by atoms with Crippen molar-refractivity contribution in [3.63, 3.8) is 0 Å². The molecule has 0 aromatic carbocycles. The lowest BCUT2D eigenvalue weighted by atomic mass is 9.99. The van der Waals surface area contributed by atoms with Gasteiger partial charge in [-0.1, -0.05) is 0 Å².